The van der Waals surface area contributed by atoms with E-state index in [0.717, 1.165) is 32.1 Å². The number of rotatable bonds is 2. The van der Waals surface area contributed by atoms with E-state index in [1.54, 1.807) is 6.20 Å². The van der Waals surface area contributed by atoms with Gasteiger partial charge >= 0.3 is 0 Å². The van der Waals surface area contributed by atoms with Crippen molar-refractivity contribution in [2.75, 3.05) is 5.32 Å². The summed E-state index contributed by atoms with van der Waals surface area (Å²) in [5.74, 6) is 0.811. The molecule has 1 aromatic heterocycles. The molecule has 1 aromatic carbocycles. The molecule has 0 unspecified atom stereocenters. The molecular weight excluding hydrogens is 300 g/mol. The average Bonchev–Trinajstić information content (AvgIpc) is 2.29. The fourth-order valence-corrected chi connectivity index (χ4v) is 1.82. The van der Waals surface area contributed by atoms with Crippen LogP contribution in [0.3, 0.4) is 0 Å². The molecule has 2 aromatic rings. The number of nitrogens with one attached hydrogen (secondary N) is 1. The molecule has 0 aliphatic rings. The topological polar surface area (TPSA) is 24.9 Å². The molecule has 0 aliphatic carbocycles. The number of aromatic nitrogens is 1. The summed E-state index contributed by atoms with van der Waals surface area (Å²) < 4.78 is 1.00. The van der Waals surface area contributed by atoms with E-state index in [1.165, 1.54) is 0 Å². The summed E-state index contributed by atoms with van der Waals surface area (Å²) in [6.07, 6.45) is 1.79. The highest BCUT2D eigenvalue weighted by Gasteiger charge is 2.01. The molecule has 0 saturated carbocycles. The minimum absolute atomic E-state index is 0.754. The summed E-state index contributed by atoms with van der Waals surface area (Å²) in [4.78, 5) is 4.29. The van der Waals surface area contributed by atoms with E-state index in [4.69, 9.17) is 11.6 Å². The molecule has 0 bridgehead atoms. The third kappa shape index (κ3) is 2.99. The number of benzene rings is 1. The van der Waals surface area contributed by atoms with Crippen molar-refractivity contribution >= 4 is 39.0 Å². The zero-order valence-corrected chi connectivity index (χ0v) is 11.9. The summed E-state index contributed by atoms with van der Waals surface area (Å²) in [6.45, 7) is 4.01. The molecule has 0 saturated heterocycles. The molecule has 1 heterocycles. The highest BCUT2D eigenvalue weighted by molar-refractivity contribution is 9.10. The molecule has 4 heteroatoms. The Morgan fingerprint density at radius 2 is 1.94 bits per heavy atom. The molecule has 0 atom stereocenters. The van der Waals surface area contributed by atoms with Gasteiger partial charge in [-0.2, -0.15) is 0 Å². The third-order valence-electron chi connectivity index (χ3n) is 2.49. The van der Waals surface area contributed by atoms with Crippen LogP contribution in [0.15, 0.2) is 34.9 Å². The van der Waals surface area contributed by atoms with Crippen LogP contribution in [0.5, 0.6) is 0 Å². The number of halogens is 2. The first-order valence-corrected chi connectivity index (χ1v) is 6.38. The van der Waals surface area contributed by atoms with Crippen molar-refractivity contribution < 1.29 is 0 Å². The monoisotopic (exact) mass is 310 g/mol. The summed E-state index contributed by atoms with van der Waals surface area (Å²) in [5, 5.41) is 3.98. The van der Waals surface area contributed by atoms with Gasteiger partial charge in [-0.15, -0.1) is 0 Å². The lowest BCUT2D eigenvalue weighted by Crippen LogP contribution is -1.94. The molecule has 2 rings (SSSR count). The second-order valence-electron chi connectivity index (χ2n) is 3.91. The Morgan fingerprint density at radius 3 is 2.59 bits per heavy atom. The molecule has 0 amide bonds. The Hall–Kier alpha value is -1.06. The van der Waals surface area contributed by atoms with Crippen molar-refractivity contribution in [2.45, 2.75) is 13.8 Å². The molecule has 88 valence electrons. The largest absolute Gasteiger partial charge is 0.340 e. The fraction of sp³-hybridized carbons (Fsp3) is 0.154. The van der Waals surface area contributed by atoms with Crippen molar-refractivity contribution in [1.29, 1.82) is 0 Å². The second-order valence-corrected chi connectivity index (χ2v) is 5.17. The van der Waals surface area contributed by atoms with Crippen LogP contribution in [0.4, 0.5) is 11.5 Å². The summed E-state index contributed by atoms with van der Waals surface area (Å²) in [7, 11) is 0. The number of aryl methyl sites for hydroxylation is 2. The van der Waals surface area contributed by atoms with Gasteiger partial charge in [0.2, 0.25) is 0 Å². The van der Waals surface area contributed by atoms with Gasteiger partial charge in [0.25, 0.3) is 0 Å². The molecule has 17 heavy (non-hydrogen) atoms. The lowest BCUT2D eigenvalue weighted by Gasteiger charge is -2.08. The summed E-state index contributed by atoms with van der Waals surface area (Å²) >= 11 is 9.49. The number of hydrogen-bond acceptors (Lipinski definition) is 2. The quantitative estimate of drug-likeness (QED) is 0.857. The van der Waals surface area contributed by atoms with E-state index in [9.17, 15) is 0 Å². The van der Waals surface area contributed by atoms with Gasteiger partial charge in [0, 0.05) is 21.4 Å². The van der Waals surface area contributed by atoms with Crippen LogP contribution in [0, 0.1) is 13.8 Å². The maximum atomic E-state index is 6.07. The summed E-state index contributed by atoms with van der Waals surface area (Å²) in [6, 6.07) is 7.85. The molecule has 1 N–H and O–H groups in total. The average molecular weight is 312 g/mol. The minimum Gasteiger partial charge on any atom is -0.340 e. The zero-order chi connectivity index (χ0) is 12.4. The molecule has 0 aliphatic heterocycles. The van der Waals surface area contributed by atoms with E-state index in [1.807, 2.05) is 38.1 Å². The van der Waals surface area contributed by atoms with E-state index in [2.05, 4.69) is 26.2 Å². The van der Waals surface area contributed by atoms with Crippen molar-refractivity contribution in [3.63, 3.8) is 0 Å². The van der Waals surface area contributed by atoms with Crippen LogP contribution >= 0.6 is 27.5 Å². The van der Waals surface area contributed by atoms with Crippen molar-refractivity contribution in [3.8, 4) is 0 Å². The number of pyridine rings is 1. The van der Waals surface area contributed by atoms with Crippen LogP contribution in [0.1, 0.15) is 11.1 Å². The molecular formula is C13H12BrClN2. The Balaban J connectivity index is 2.25. The maximum Gasteiger partial charge on any atom is 0.130 e. The number of nitrogens with zero attached hydrogens (tertiary/aromatic N) is 1. The standard InChI is InChI=1S/C13H12BrClN2/c1-8-3-4-10(6-12(8)15)17-13-5-9(2)11(14)7-16-13/h3-7H,1-2H3,(H,16,17). The molecule has 0 fully saturated rings. The van der Waals surface area contributed by atoms with Crippen molar-refractivity contribution in [1.82, 2.24) is 4.98 Å². The van der Waals surface area contributed by atoms with Crippen LogP contribution in [0.25, 0.3) is 0 Å². The lowest BCUT2D eigenvalue weighted by atomic mass is 10.2. The van der Waals surface area contributed by atoms with Crippen LogP contribution in [0.2, 0.25) is 5.02 Å². The van der Waals surface area contributed by atoms with E-state index >= 15 is 0 Å². The van der Waals surface area contributed by atoms with Crippen molar-refractivity contribution in [2.24, 2.45) is 0 Å². The SMILES string of the molecule is Cc1ccc(Nc2cc(C)c(Br)cn2)cc1Cl. The van der Waals surface area contributed by atoms with Gasteiger partial charge in [-0.05, 0) is 59.1 Å². The first kappa shape index (κ1) is 12.4. The second kappa shape index (κ2) is 5.07. The highest BCUT2D eigenvalue weighted by atomic mass is 79.9. The lowest BCUT2D eigenvalue weighted by molar-refractivity contribution is 1.25. The van der Waals surface area contributed by atoms with E-state index < -0.39 is 0 Å². The number of hydrogen-bond donors (Lipinski definition) is 1. The van der Waals surface area contributed by atoms with Crippen LogP contribution in [-0.4, -0.2) is 4.98 Å². The number of anilines is 2. The first-order valence-electron chi connectivity index (χ1n) is 5.21. The summed E-state index contributed by atoms with van der Waals surface area (Å²) in [5.41, 5.74) is 3.15. The van der Waals surface area contributed by atoms with Gasteiger partial charge < -0.3 is 5.32 Å². The van der Waals surface area contributed by atoms with Gasteiger partial charge in [-0.1, -0.05) is 17.7 Å². The Labute approximate surface area is 114 Å². The zero-order valence-electron chi connectivity index (χ0n) is 9.59. The Bertz CT molecular complexity index is 506. The van der Waals surface area contributed by atoms with E-state index in [0.29, 0.717) is 0 Å². The molecule has 2 nitrogen and oxygen atoms in total. The van der Waals surface area contributed by atoms with Gasteiger partial charge in [0.15, 0.2) is 0 Å². The Morgan fingerprint density at radius 1 is 1.18 bits per heavy atom. The van der Waals surface area contributed by atoms with Crippen molar-refractivity contribution in [3.05, 3.63) is 51.1 Å². The first-order chi connectivity index (χ1) is 8.06. The minimum atomic E-state index is 0.754. The molecule has 0 radical (unpaired) electrons. The smallest absolute Gasteiger partial charge is 0.130 e. The normalized spacial score (nSPS) is 10.4. The van der Waals surface area contributed by atoms with Gasteiger partial charge in [-0.25, -0.2) is 4.98 Å². The van der Waals surface area contributed by atoms with Gasteiger partial charge in [0.05, 0.1) is 0 Å². The molecule has 0 spiro atoms. The van der Waals surface area contributed by atoms with Gasteiger partial charge in [-0.3, -0.25) is 0 Å². The predicted octanol–water partition coefficient (Wildman–Crippen LogP) is 4.86. The highest BCUT2D eigenvalue weighted by Crippen LogP contribution is 2.24. The van der Waals surface area contributed by atoms with E-state index in [-0.39, 0.29) is 0 Å². The van der Waals surface area contributed by atoms with Gasteiger partial charge in [0.1, 0.15) is 5.82 Å². The maximum absolute atomic E-state index is 6.07. The third-order valence-corrected chi connectivity index (χ3v) is 3.73. The van der Waals surface area contributed by atoms with Crippen LogP contribution in [-0.2, 0) is 0 Å². The van der Waals surface area contributed by atoms with Crippen LogP contribution < -0.4 is 5.32 Å². The fourth-order valence-electron chi connectivity index (χ4n) is 1.43. The predicted molar refractivity (Wildman–Crippen MR) is 76.1 cm³/mol. The Kier molecular flexibility index (Phi) is 3.69.